The summed E-state index contributed by atoms with van der Waals surface area (Å²) < 4.78 is 39.9. The second-order valence-electron chi connectivity index (χ2n) is 8.05. The third-order valence-corrected chi connectivity index (χ3v) is 8.70. The average Bonchev–Trinajstić information content (AvgIpc) is 3.35. The van der Waals surface area contributed by atoms with Crippen molar-refractivity contribution in [2.45, 2.75) is 12.5 Å². The van der Waals surface area contributed by atoms with Crippen LogP contribution in [0.3, 0.4) is 0 Å². The summed E-state index contributed by atoms with van der Waals surface area (Å²) in [5.41, 5.74) is 1.45. The monoisotopic (exact) mass is 545 g/mol. The van der Waals surface area contributed by atoms with Crippen molar-refractivity contribution >= 4 is 62.2 Å². The van der Waals surface area contributed by atoms with Gasteiger partial charge in [-0.25, -0.2) is 13.2 Å². The molecule has 2 aromatic rings. The van der Waals surface area contributed by atoms with Crippen LogP contribution in [-0.4, -0.2) is 61.3 Å². The molecule has 0 N–H and O–H groups in total. The van der Waals surface area contributed by atoms with Crippen molar-refractivity contribution in [3.63, 3.8) is 0 Å². The fraction of sp³-hybridized carbons (Fsp3) is 0.240. The summed E-state index contributed by atoms with van der Waals surface area (Å²) in [6.45, 7) is 0. The molecule has 0 radical (unpaired) electrons. The number of ether oxygens (including phenoxy) is 3. The van der Waals surface area contributed by atoms with Crippen LogP contribution in [0.1, 0.15) is 17.5 Å². The summed E-state index contributed by atoms with van der Waals surface area (Å²) in [5, 5.41) is 0. The third kappa shape index (κ3) is 5.97. The number of sulfone groups is 1. The molecule has 8 nitrogen and oxygen atoms in total. The fourth-order valence-corrected chi connectivity index (χ4v) is 6.91. The summed E-state index contributed by atoms with van der Waals surface area (Å²) in [6.07, 6.45) is 4.97. The van der Waals surface area contributed by atoms with E-state index in [0.717, 1.165) is 17.3 Å². The van der Waals surface area contributed by atoms with Gasteiger partial charge in [-0.15, -0.1) is 0 Å². The summed E-state index contributed by atoms with van der Waals surface area (Å²) >= 11 is 6.48. The molecule has 0 spiro atoms. The SMILES string of the molecule is COc1ccc(/C=C/C(=O)Oc2ccc(/C=C3/SC(=S)N(C4CCS(=O)(=O)C4)C3=O)cc2OC)cc1. The highest BCUT2D eigenvalue weighted by Crippen LogP contribution is 2.37. The van der Waals surface area contributed by atoms with Crippen molar-refractivity contribution in [1.29, 1.82) is 0 Å². The number of methoxy groups -OCH3 is 2. The molecule has 11 heteroatoms. The lowest BCUT2D eigenvalue weighted by atomic mass is 10.1. The van der Waals surface area contributed by atoms with E-state index < -0.39 is 21.8 Å². The predicted molar refractivity (Wildman–Crippen MR) is 143 cm³/mol. The average molecular weight is 546 g/mol. The summed E-state index contributed by atoms with van der Waals surface area (Å²) in [7, 11) is -0.125. The van der Waals surface area contributed by atoms with E-state index in [1.165, 1.54) is 18.1 Å². The molecule has 0 bridgehead atoms. The Morgan fingerprint density at radius 3 is 2.44 bits per heavy atom. The second kappa shape index (κ2) is 10.9. The minimum Gasteiger partial charge on any atom is -0.497 e. The van der Waals surface area contributed by atoms with Crippen LogP contribution in [0.2, 0.25) is 0 Å². The van der Waals surface area contributed by atoms with E-state index in [-0.39, 0.29) is 23.2 Å². The van der Waals surface area contributed by atoms with Gasteiger partial charge in [-0.05, 0) is 54.0 Å². The number of benzene rings is 2. The minimum absolute atomic E-state index is 0.0560. The first-order valence-electron chi connectivity index (χ1n) is 10.9. The number of hydrogen-bond donors (Lipinski definition) is 0. The van der Waals surface area contributed by atoms with Gasteiger partial charge in [-0.2, -0.15) is 0 Å². The highest BCUT2D eigenvalue weighted by Gasteiger charge is 2.42. The van der Waals surface area contributed by atoms with Crippen molar-refractivity contribution in [1.82, 2.24) is 4.90 Å². The van der Waals surface area contributed by atoms with E-state index in [1.807, 2.05) is 12.1 Å². The molecule has 0 saturated carbocycles. The Morgan fingerprint density at radius 2 is 1.81 bits per heavy atom. The zero-order valence-electron chi connectivity index (χ0n) is 19.5. The molecule has 1 unspecified atom stereocenters. The van der Waals surface area contributed by atoms with Crippen molar-refractivity contribution in [3.05, 3.63) is 64.6 Å². The number of carbonyl (C=O) groups excluding carboxylic acids is 2. The Balaban J connectivity index is 1.45. The first-order chi connectivity index (χ1) is 17.2. The van der Waals surface area contributed by atoms with Gasteiger partial charge in [-0.3, -0.25) is 9.69 Å². The van der Waals surface area contributed by atoms with E-state index in [0.29, 0.717) is 32.7 Å². The van der Waals surface area contributed by atoms with Crippen LogP contribution < -0.4 is 14.2 Å². The number of carbonyl (C=O) groups is 2. The Morgan fingerprint density at radius 1 is 1.08 bits per heavy atom. The molecule has 2 saturated heterocycles. The van der Waals surface area contributed by atoms with Gasteiger partial charge < -0.3 is 14.2 Å². The molecule has 188 valence electrons. The molecule has 1 atom stereocenters. The molecule has 2 aliphatic heterocycles. The van der Waals surface area contributed by atoms with Gasteiger partial charge >= 0.3 is 5.97 Å². The Kier molecular flexibility index (Phi) is 7.82. The number of nitrogens with zero attached hydrogens (tertiary/aromatic N) is 1. The third-order valence-electron chi connectivity index (χ3n) is 5.62. The molecule has 2 heterocycles. The summed E-state index contributed by atoms with van der Waals surface area (Å²) in [5.74, 6) is 0.339. The molecular weight excluding hydrogens is 522 g/mol. The van der Waals surface area contributed by atoms with E-state index in [2.05, 4.69) is 0 Å². The fourth-order valence-electron chi connectivity index (χ4n) is 3.80. The van der Waals surface area contributed by atoms with Gasteiger partial charge in [0, 0.05) is 6.08 Å². The van der Waals surface area contributed by atoms with Gasteiger partial charge in [0.2, 0.25) is 0 Å². The maximum absolute atomic E-state index is 12.9. The maximum atomic E-state index is 12.9. The molecule has 36 heavy (non-hydrogen) atoms. The van der Waals surface area contributed by atoms with Crippen molar-refractivity contribution < 1.29 is 32.2 Å². The van der Waals surface area contributed by atoms with Crippen molar-refractivity contribution in [3.8, 4) is 17.2 Å². The lowest BCUT2D eigenvalue weighted by Crippen LogP contribution is -2.39. The Hall–Kier alpha value is -3.15. The van der Waals surface area contributed by atoms with Gasteiger partial charge in [-0.1, -0.05) is 42.2 Å². The van der Waals surface area contributed by atoms with Gasteiger partial charge in [0.25, 0.3) is 5.91 Å². The van der Waals surface area contributed by atoms with Gasteiger partial charge in [0.05, 0.1) is 36.7 Å². The van der Waals surface area contributed by atoms with Crippen molar-refractivity contribution in [2.75, 3.05) is 25.7 Å². The van der Waals surface area contributed by atoms with E-state index in [1.54, 1.807) is 49.6 Å². The molecule has 1 amide bonds. The van der Waals surface area contributed by atoms with Gasteiger partial charge in [0.15, 0.2) is 21.3 Å². The first kappa shape index (κ1) is 25.9. The van der Waals surface area contributed by atoms with E-state index in [9.17, 15) is 18.0 Å². The number of hydrogen-bond acceptors (Lipinski definition) is 9. The highest BCUT2D eigenvalue weighted by molar-refractivity contribution is 8.26. The van der Waals surface area contributed by atoms with Crippen LogP contribution >= 0.6 is 24.0 Å². The summed E-state index contributed by atoms with van der Waals surface area (Å²) in [4.78, 5) is 27.1. The topological polar surface area (TPSA) is 99.2 Å². The molecule has 0 aliphatic carbocycles. The quantitative estimate of drug-likeness (QED) is 0.223. The van der Waals surface area contributed by atoms with Crippen LogP contribution in [-0.2, 0) is 19.4 Å². The first-order valence-corrected chi connectivity index (χ1v) is 13.9. The molecule has 4 rings (SSSR count). The normalized spacial score (nSPS) is 20.3. The summed E-state index contributed by atoms with van der Waals surface area (Å²) in [6, 6.07) is 11.7. The largest absolute Gasteiger partial charge is 0.497 e. The van der Waals surface area contributed by atoms with E-state index >= 15 is 0 Å². The maximum Gasteiger partial charge on any atom is 0.336 e. The highest BCUT2D eigenvalue weighted by atomic mass is 32.2. The molecule has 2 aliphatic rings. The van der Waals surface area contributed by atoms with Crippen LogP contribution in [0.4, 0.5) is 0 Å². The minimum atomic E-state index is -3.15. The molecule has 2 aromatic carbocycles. The van der Waals surface area contributed by atoms with E-state index in [4.69, 9.17) is 26.4 Å². The van der Waals surface area contributed by atoms with Crippen LogP contribution in [0.25, 0.3) is 12.2 Å². The lowest BCUT2D eigenvalue weighted by molar-refractivity contribution is -0.129. The smallest absolute Gasteiger partial charge is 0.336 e. The van der Waals surface area contributed by atoms with Crippen molar-refractivity contribution in [2.24, 2.45) is 0 Å². The molecular formula is C25H23NO7S3. The zero-order valence-corrected chi connectivity index (χ0v) is 22.0. The lowest BCUT2D eigenvalue weighted by Gasteiger charge is -2.20. The number of esters is 1. The number of rotatable bonds is 7. The second-order valence-corrected chi connectivity index (χ2v) is 12.0. The number of thiocarbonyl (C=S) groups is 1. The van der Waals surface area contributed by atoms with Crippen LogP contribution in [0, 0.1) is 0 Å². The Bertz CT molecular complexity index is 1360. The molecule has 2 fully saturated rings. The van der Waals surface area contributed by atoms with Gasteiger partial charge in [0.1, 0.15) is 10.1 Å². The predicted octanol–water partition coefficient (Wildman–Crippen LogP) is 3.71. The molecule has 0 aromatic heterocycles. The van der Waals surface area contributed by atoms with Crippen LogP contribution in [0.5, 0.6) is 17.2 Å². The number of thioether (sulfide) groups is 1. The zero-order chi connectivity index (χ0) is 25.9. The standard InChI is InChI=1S/C25H23NO7S3/c1-31-19-7-3-16(4-8-19)6-10-23(27)33-20-9-5-17(13-21(20)32-2)14-22-24(28)26(25(34)35-22)18-11-12-36(29,30)15-18/h3-10,13-14,18H,11-12,15H2,1-2H3/b10-6+,22-14+. The van der Waals surface area contributed by atoms with Crippen LogP contribution in [0.15, 0.2) is 53.4 Å². The Labute approximate surface area is 218 Å². The number of amides is 1.